The molecule has 2 aromatic carbocycles. The van der Waals surface area contributed by atoms with Gasteiger partial charge in [0.15, 0.2) is 0 Å². The SMILES string of the molecule is Clc1cc(CC2CCN(c3ccnc4ccc[c]c34)CC2)cc(Cl)c1Cl. The molecule has 0 amide bonds. The first-order chi connectivity index (χ1) is 12.6. The summed E-state index contributed by atoms with van der Waals surface area (Å²) in [7, 11) is 0. The summed E-state index contributed by atoms with van der Waals surface area (Å²) in [4.78, 5) is 6.88. The highest BCUT2D eigenvalue weighted by atomic mass is 35.5. The first-order valence-corrected chi connectivity index (χ1v) is 9.89. The van der Waals surface area contributed by atoms with Crippen LogP contribution in [0.3, 0.4) is 0 Å². The fourth-order valence-corrected chi connectivity index (χ4v) is 4.35. The number of rotatable bonds is 3. The van der Waals surface area contributed by atoms with Crippen LogP contribution >= 0.6 is 34.8 Å². The Bertz CT molecular complexity index is 905. The zero-order valence-corrected chi connectivity index (χ0v) is 16.5. The van der Waals surface area contributed by atoms with E-state index in [1.807, 2.05) is 36.5 Å². The van der Waals surface area contributed by atoms with E-state index in [1.165, 1.54) is 5.69 Å². The van der Waals surface area contributed by atoms with Gasteiger partial charge in [0.2, 0.25) is 0 Å². The number of halogens is 3. The van der Waals surface area contributed by atoms with Crippen LogP contribution in [0.15, 0.2) is 42.6 Å². The number of nitrogens with zero attached hydrogens (tertiary/aromatic N) is 2. The maximum atomic E-state index is 6.16. The molecule has 133 valence electrons. The second-order valence-electron chi connectivity index (χ2n) is 6.77. The standard InChI is InChI=1S/C21H18Cl3N2/c22-17-12-15(13-18(23)21(17)24)11-14-6-9-26(10-7-14)20-5-8-25-19-4-2-1-3-16(19)20/h1-2,4-5,8,12-14H,6-7,9-11H2. The third-order valence-corrected chi connectivity index (χ3v) is 6.26. The molecule has 2 heterocycles. The van der Waals surface area contributed by atoms with Gasteiger partial charge >= 0.3 is 0 Å². The van der Waals surface area contributed by atoms with E-state index in [1.54, 1.807) is 0 Å². The third-order valence-electron chi connectivity index (χ3n) is 5.06. The number of anilines is 1. The molecule has 0 unspecified atom stereocenters. The molecule has 1 aromatic heterocycles. The fourth-order valence-electron chi connectivity index (χ4n) is 3.71. The topological polar surface area (TPSA) is 16.1 Å². The predicted molar refractivity (Wildman–Crippen MR) is 111 cm³/mol. The Kier molecular flexibility index (Phi) is 5.26. The first kappa shape index (κ1) is 17.9. The second kappa shape index (κ2) is 7.64. The average molecular weight is 405 g/mol. The summed E-state index contributed by atoms with van der Waals surface area (Å²) >= 11 is 18.4. The van der Waals surface area contributed by atoms with Crippen LogP contribution in [0.4, 0.5) is 5.69 Å². The van der Waals surface area contributed by atoms with Crippen molar-refractivity contribution in [1.29, 1.82) is 0 Å². The van der Waals surface area contributed by atoms with E-state index < -0.39 is 0 Å². The van der Waals surface area contributed by atoms with E-state index >= 15 is 0 Å². The van der Waals surface area contributed by atoms with Crippen molar-refractivity contribution in [2.75, 3.05) is 18.0 Å². The summed E-state index contributed by atoms with van der Waals surface area (Å²) in [5, 5.41) is 2.60. The van der Waals surface area contributed by atoms with Crippen molar-refractivity contribution in [2.45, 2.75) is 19.3 Å². The maximum Gasteiger partial charge on any atom is 0.0778 e. The van der Waals surface area contributed by atoms with Crippen molar-refractivity contribution in [2.24, 2.45) is 5.92 Å². The molecule has 1 saturated heterocycles. The minimum Gasteiger partial charge on any atom is -0.371 e. The van der Waals surface area contributed by atoms with Crippen molar-refractivity contribution in [3.63, 3.8) is 0 Å². The van der Waals surface area contributed by atoms with Crippen molar-refractivity contribution in [1.82, 2.24) is 4.98 Å². The van der Waals surface area contributed by atoms with Gasteiger partial charge in [0, 0.05) is 30.4 Å². The molecule has 1 aliphatic heterocycles. The quantitative estimate of drug-likeness (QED) is 0.466. The molecule has 4 rings (SSSR count). The first-order valence-electron chi connectivity index (χ1n) is 8.75. The minimum absolute atomic E-state index is 0.438. The monoisotopic (exact) mass is 403 g/mol. The Hall–Kier alpha value is -1.48. The van der Waals surface area contributed by atoms with Crippen molar-refractivity contribution in [3.8, 4) is 0 Å². The summed E-state index contributed by atoms with van der Waals surface area (Å²) in [5.74, 6) is 0.622. The smallest absolute Gasteiger partial charge is 0.0778 e. The number of aromatic nitrogens is 1. The van der Waals surface area contributed by atoms with Crippen LogP contribution in [0.5, 0.6) is 0 Å². The summed E-state index contributed by atoms with van der Waals surface area (Å²) in [5.41, 5.74) is 3.38. The molecule has 0 aliphatic carbocycles. The average Bonchev–Trinajstić information content (AvgIpc) is 2.66. The predicted octanol–water partition coefficient (Wildman–Crippen LogP) is 6.45. The van der Waals surface area contributed by atoms with E-state index in [0.717, 1.165) is 48.8 Å². The van der Waals surface area contributed by atoms with Crippen molar-refractivity contribution in [3.05, 3.63) is 69.3 Å². The van der Waals surface area contributed by atoms with Gasteiger partial charge in [0.1, 0.15) is 0 Å². The number of hydrogen-bond acceptors (Lipinski definition) is 2. The summed E-state index contributed by atoms with van der Waals surface area (Å²) in [6.07, 6.45) is 5.13. The van der Waals surface area contributed by atoms with E-state index in [-0.39, 0.29) is 0 Å². The summed E-state index contributed by atoms with van der Waals surface area (Å²) < 4.78 is 0. The summed E-state index contributed by atoms with van der Waals surface area (Å²) in [6.45, 7) is 2.06. The lowest BCUT2D eigenvalue weighted by molar-refractivity contribution is 0.404. The Morgan fingerprint density at radius 3 is 2.54 bits per heavy atom. The van der Waals surface area contributed by atoms with Gasteiger partial charge in [-0.2, -0.15) is 0 Å². The molecule has 1 fully saturated rings. The van der Waals surface area contributed by atoms with Crippen LogP contribution < -0.4 is 4.90 Å². The highest BCUT2D eigenvalue weighted by Gasteiger charge is 2.21. The lowest BCUT2D eigenvalue weighted by Crippen LogP contribution is -2.34. The van der Waals surface area contributed by atoms with Crippen LogP contribution in [-0.4, -0.2) is 18.1 Å². The Labute approximate surface area is 168 Å². The molecule has 0 atom stereocenters. The molecule has 0 spiro atoms. The van der Waals surface area contributed by atoms with Crippen LogP contribution in [0, 0.1) is 12.0 Å². The molecule has 1 radical (unpaired) electrons. The second-order valence-corrected chi connectivity index (χ2v) is 7.96. The Morgan fingerprint density at radius 2 is 1.81 bits per heavy atom. The highest BCUT2D eigenvalue weighted by Crippen LogP contribution is 2.34. The molecule has 0 saturated carbocycles. The van der Waals surface area contributed by atoms with Crippen LogP contribution in [0.1, 0.15) is 18.4 Å². The molecule has 3 aromatic rings. The van der Waals surface area contributed by atoms with Gasteiger partial charge in [0.25, 0.3) is 0 Å². The number of piperidine rings is 1. The molecule has 26 heavy (non-hydrogen) atoms. The maximum absolute atomic E-state index is 6.16. The summed E-state index contributed by atoms with van der Waals surface area (Å²) in [6, 6.07) is 15.3. The molecule has 0 bridgehead atoms. The van der Waals surface area contributed by atoms with E-state index in [0.29, 0.717) is 21.0 Å². The van der Waals surface area contributed by atoms with Crippen LogP contribution in [0.25, 0.3) is 10.9 Å². The molecule has 1 aliphatic rings. The van der Waals surface area contributed by atoms with Crippen molar-refractivity contribution >= 4 is 51.4 Å². The number of hydrogen-bond donors (Lipinski definition) is 0. The van der Waals surface area contributed by atoms with Crippen LogP contribution in [-0.2, 0) is 6.42 Å². The molecule has 5 heteroatoms. The van der Waals surface area contributed by atoms with Gasteiger partial charge in [-0.3, -0.25) is 4.98 Å². The lowest BCUT2D eigenvalue weighted by atomic mass is 9.90. The lowest BCUT2D eigenvalue weighted by Gasteiger charge is -2.34. The fraction of sp³-hybridized carbons (Fsp3) is 0.286. The molecular formula is C21H18Cl3N2. The molecular weight excluding hydrogens is 387 g/mol. The Morgan fingerprint density at radius 1 is 1.08 bits per heavy atom. The van der Waals surface area contributed by atoms with Crippen LogP contribution in [0.2, 0.25) is 15.1 Å². The van der Waals surface area contributed by atoms with Gasteiger partial charge in [-0.1, -0.05) is 46.9 Å². The zero-order chi connectivity index (χ0) is 18.1. The van der Waals surface area contributed by atoms with E-state index in [9.17, 15) is 0 Å². The van der Waals surface area contributed by atoms with Gasteiger partial charge in [-0.25, -0.2) is 0 Å². The molecule has 0 N–H and O–H groups in total. The zero-order valence-electron chi connectivity index (χ0n) is 14.2. The highest BCUT2D eigenvalue weighted by molar-refractivity contribution is 6.48. The van der Waals surface area contributed by atoms with Gasteiger partial charge < -0.3 is 4.90 Å². The van der Waals surface area contributed by atoms with Gasteiger partial charge in [-0.15, -0.1) is 0 Å². The van der Waals surface area contributed by atoms with Gasteiger partial charge in [0.05, 0.1) is 20.6 Å². The minimum atomic E-state index is 0.438. The van der Waals surface area contributed by atoms with Gasteiger partial charge in [-0.05, 0) is 61.1 Å². The number of benzene rings is 2. The van der Waals surface area contributed by atoms with E-state index in [4.69, 9.17) is 34.8 Å². The largest absolute Gasteiger partial charge is 0.371 e. The number of pyridine rings is 1. The third kappa shape index (κ3) is 3.64. The number of fused-ring (bicyclic) bond motifs is 1. The Balaban J connectivity index is 1.46. The molecule has 2 nitrogen and oxygen atoms in total. The normalized spacial score (nSPS) is 15.6. The van der Waals surface area contributed by atoms with E-state index in [2.05, 4.69) is 22.0 Å². The van der Waals surface area contributed by atoms with Crippen molar-refractivity contribution < 1.29 is 0 Å².